The maximum Gasteiger partial charge on any atom is 0.392 e. The van der Waals surface area contributed by atoms with E-state index >= 15 is 0 Å². The SMILES string of the molecule is CC1=CCC=C(OCCC(F)(F)F)C=C1. The van der Waals surface area contributed by atoms with Crippen molar-refractivity contribution in [3.63, 3.8) is 0 Å². The van der Waals surface area contributed by atoms with Crippen molar-refractivity contribution in [1.29, 1.82) is 0 Å². The molecule has 0 unspecified atom stereocenters. The molecular weight excluding hydrogens is 205 g/mol. The Labute approximate surface area is 86.9 Å². The summed E-state index contributed by atoms with van der Waals surface area (Å²) in [5, 5.41) is 0. The van der Waals surface area contributed by atoms with Crippen LogP contribution in [0.3, 0.4) is 0 Å². The van der Waals surface area contributed by atoms with Gasteiger partial charge < -0.3 is 4.74 Å². The van der Waals surface area contributed by atoms with Crippen LogP contribution in [-0.2, 0) is 4.74 Å². The van der Waals surface area contributed by atoms with Gasteiger partial charge in [-0.15, -0.1) is 0 Å². The van der Waals surface area contributed by atoms with E-state index in [0.29, 0.717) is 12.2 Å². The Balaban J connectivity index is 2.35. The van der Waals surface area contributed by atoms with Gasteiger partial charge in [-0.25, -0.2) is 0 Å². The second-order valence-electron chi connectivity index (χ2n) is 3.34. The highest BCUT2D eigenvalue weighted by Crippen LogP contribution is 2.20. The Hall–Kier alpha value is -1.19. The fourth-order valence-corrected chi connectivity index (χ4v) is 1.10. The summed E-state index contributed by atoms with van der Waals surface area (Å²) in [6.45, 7) is 1.61. The van der Waals surface area contributed by atoms with Crippen molar-refractivity contribution < 1.29 is 17.9 Å². The third kappa shape index (κ3) is 5.30. The van der Waals surface area contributed by atoms with Crippen LogP contribution < -0.4 is 0 Å². The van der Waals surface area contributed by atoms with E-state index in [1.165, 1.54) is 0 Å². The molecule has 0 aromatic carbocycles. The maximum absolute atomic E-state index is 11.8. The largest absolute Gasteiger partial charge is 0.494 e. The number of alkyl halides is 3. The van der Waals surface area contributed by atoms with E-state index < -0.39 is 12.6 Å². The van der Waals surface area contributed by atoms with Gasteiger partial charge in [-0.05, 0) is 25.5 Å². The third-order valence-electron chi connectivity index (χ3n) is 1.92. The van der Waals surface area contributed by atoms with Gasteiger partial charge in [-0.1, -0.05) is 17.7 Å². The highest BCUT2D eigenvalue weighted by Gasteiger charge is 2.26. The van der Waals surface area contributed by atoms with Gasteiger partial charge in [0.2, 0.25) is 0 Å². The monoisotopic (exact) mass is 218 g/mol. The number of rotatable bonds is 3. The van der Waals surface area contributed by atoms with Gasteiger partial charge in [-0.3, -0.25) is 0 Å². The maximum atomic E-state index is 11.8. The zero-order chi connectivity index (χ0) is 11.3. The molecule has 0 atom stereocenters. The Morgan fingerprint density at radius 3 is 2.67 bits per heavy atom. The number of hydrogen-bond donors (Lipinski definition) is 0. The standard InChI is InChI=1S/C11H13F3O/c1-9-3-2-4-10(6-5-9)15-8-7-11(12,13)14/h3-6H,2,7-8H2,1H3. The van der Waals surface area contributed by atoms with Crippen LogP contribution in [0.15, 0.2) is 35.6 Å². The summed E-state index contributed by atoms with van der Waals surface area (Å²) in [5.41, 5.74) is 1.08. The first kappa shape index (κ1) is 11.9. The minimum absolute atomic E-state index is 0.321. The van der Waals surface area contributed by atoms with Crippen molar-refractivity contribution in [2.75, 3.05) is 6.61 Å². The molecule has 0 aromatic heterocycles. The zero-order valence-electron chi connectivity index (χ0n) is 8.47. The van der Waals surface area contributed by atoms with Crippen molar-refractivity contribution in [2.45, 2.75) is 25.9 Å². The molecule has 0 saturated heterocycles. The first-order valence-corrected chi connectivity index (χ1v) is 4.72. The van der Waals surface area contributed by atoms with Crippen molar-refractivity contribution in [3.05, 3.63) is 35.6 Å². The molecule has 1 nitrogen and oxygen atoms in total. The van der Waals surface area contributed by atoms with E-state index in [2.05, 4.69) is 0 Å². The van der Waals surface area contributed by atoms with Crippen molar-refractivity contribution in [1.82, 2.24) is 0 Å². The Morgan fingerprint density at radius 2 is 2.00 bits per heavy atom. The molecule has 1 rings (SSSR count). The van der Waals surface area contributed by atoms with E-state index in [1.54, 1.807) is 12.2 Å². The molecule has 0 spiro atoms. The average molecular weight is 218 g/mol. The lowest BCUT2D eigenvalue weighted by molar-refractivity contribution is -0.142. The fraction of sp³-hybridized carbons (Fsp3) is 0.455. The second kappa shape index (κ2) is 5.05. The highest BCUT2D eigenvalue weighted by molar-refractivity contribution is 5.27. The van der Waals surface area contributed by atoms with Crippen LogP contribution in [0.1, 0.15) is 19.8 Å². The van der Waals surface area contributed by atoms with E-state index in [1.807, 2.05) is 19.1 Å². The van der Waals surface area contributed by atoms with Crippen LogP contribution in [0.5, 0.6) is 0 Å². The van der Waals surface area contributed by atoms with E-state index in [0.717, 1.165) is 5.57 Å². The van der Waals surface area contributed by atoms with Crippen molar-refractivity contribution >= 4 is 0 Å². The molecule has 4 heteroatoms. The Morgan fingerprint density at radius 1 is 1.27 bits per heavy atom. The zero-order valence-corrected chi connectivity index (χ0v) is 8.47. The summed E-state index contributed by atoms with van der Waals surface area (Å²) in [5.74, 6) is 0.507. The first-order chi connectivity index (χ1) is 6.97. The summed E-state index contributed by atoms with van der Waals surface area (Å²) >= 11 is 0. The van der Waals surface area contributed by atoms with Crippen LogP contribution in [0, 0.1) is 0 Å². The molecule has 0 saturated carbocycles. The molecule has 1 aliphatic rings. The van der Waals surface area contributed by atoms with Crippen LogP contribution in [0.25, 0.3) is 0 Å². The van der Waals surface area contributed by atoms with Gasteiger partial charge in [-0.2, -0.15) is 13.2 Å². The molecule has 15 heavy (non-hydrogen) atoms. The van der Waals surface area contributed by atoms with Crippen LogP contribution in [-0.4, -0.2) is 12.8 Å². The number of hydrogen-bond acceptors (Lipinski definition) is 1. The van der Waals surface area contributed by atoms with Crippen molar-refractivity contribution in [3.8, 4) is 0 Å². The first-order valence-electron chi connectivity index (χ1n) is 4.72. The number of ether oxygens (including phenoxy) is 1. The highest BCUT2D eigenvalue weighted by atomic mass is 19.4. The molecule has 0 aliphatic heterocycles. The summed E-state index contributed by atoms with van der Waals surface area (Å²) in [6, 6.07) is 0. The predicted molar refractivity (Wildman–Crippen MR) is 52.2 cm³/mol. The summed E-state index contributed by atoms with van der Waals surface area (Å²) in [6.07, 6.45) is 2.90. The summed E-state index contributed by atoms with van der Waals surface area (Å²) < 4.78 is 40.5. The number of allylic oxidation sites excluding steroid dienone is 5. The smallest absolute Gasteiger partial charge is 0.392 e. The van der Waals surface area contributed by atoms with Gasteiger partial charge in [0, 0.05) is 0 Å². The molecule has 0 bridgehead atoms. The summed E-state index contributed by atoms with van der Waals surface area (Å²) in [7, 11) is 0. The van der Waals surface area contributed by atoms with Gasteiger partial charge in [0.05, 0.1) is 13.0 Å². The molecule has 0 aromatic rings. The molecule has 0 N–H and O–H groups in total. The lowest BCUT2D eigenvalue weighted by atomic mass is 10.2. The van der Waals surface area contributed by atoms with Gasteiger partial charge in [0.25, 0.3) is 0 Å². The fourth-order valence-electron chi connectivity index (χ4n) is 1.10. The minimum atomic E-state index is -4.15. The predicted octanol–water partition coefficient (Wildman–Crippen LogP) is 3.75. The second-order valence-corrected chi connectivity index (χ2v) is 3.34. The molecule has 1 aliphatic carbocycles. The minimum Gasteiger partial charge on any atom is -0.494 e. The average Bonchev–Trinajstić information content (AvgIpc) is 2.29. The Kier molecular flexibility index (Phi) is 4.00. The van der Waals surface area contributed by atoms with Crippen molar-refractivity contribution in [2.24, 2.45) is 0 Å². The lowest BCUT2D eigenvalue weighted by Gasteiger charge is -2.08. The molecular formula is C11H13F3O. The molecule has 0 fully saturated rings. The van der Waals surface area contributed by atoms with Gasteiger partial charge in [0.15, 0.2) is 0 Å². The molecule has 0 amide bonds. The quantitative estimate of drug-likeness (QED) is 0.701. The molecule has 0 heterocycles. The molecule has 84 valence electrons. The van der Waals surface area contributed by atoms with Crippen LogP contribution in [0.2, 0.25) is 0 Å². The summed E-state index contributed by atoms with van der Waals surface area (Å²) in [4.78, 5) is 0. The van der Waals surface area contributed by atoms with Gasteiger partial charge in [0.1, 0.15) is 5.76 Å². The third-order valence-corrected chi connectivity index (χ3v) is 1.92. The lowest BCUT2D eigenvalue weighted by Crippen LogP contribution is -2.11. The molecule has 0 radical (unpaired) electrons. The van der Waals surface area contributed by atoms with Crippen LogP contribution in [0.4, 0.5) is 13.2 Å². The van der Waals surface area contributed by atoms with E-state index in [9.17, 15) is 13.2 Å². The van der Waals surface area contributed by atoms with E-state index in [-0.39, 0.29) is 6.61 Å². The Bertz CT molecular complexity index is 297. The van der Waals surface area contributed by atoms with Crippen LogP contribution >= 0.6 is 0 Å². The van der Waals surface area contributed by atoms with E-state index in [4.69, 9.17) is 4.74 Å². The number of halogens is 3. The van der Waals surface area contributed by atoms with Gasteiger partial charge >= 0.3 is 6.18 Å². The topological polar surface area (TPSA) is 9.23 Å². The normalized spacial score (nSPS) is 16.8.